The maximum absolute atomic E-state index is 12.6. The molecule has 1 aliphatic rings. The molecule has 1 aromatic rings. The van der Waals surface area contributed by atoms with Crippen molar-refractivity contribution in [2.24, 2.45) is 0 Å². The molecule has 0 aromatic carbocycles. The van der Waals surface area contributed by atoms with Crippen LogP contribution in [0.4, 0.5) is 0 Å². The van der Waals surface area contributed by atoms with Crippen LogP contribution in [-0.2, 0) is 24.3 Å². The fourth-order valence-electron chi connectivity index (χ4n) is 2.05. The zero-order valence-electron chi connectivity index (χ0n) is 12.6. The maximum atomic E-state index is 12.6. The fraction of sp³-hybridized carbons (Fsp3) is 0.538. The Morgan fingerprint density at radius 2 is 2.09 bits per heavy atom. The summed E-state index contributed by atoms with van der Waals surface area (Å²) in [5, 5.41) is 4.09. The average Bonchev–Trinajstić information content (AvgIpc) is 3.06. The highest BCUT2D eigenvalue weighted by Gasteiger charge is 2.31. The highest BCUT2D eigenvalue weighted by atomic mass is 32.2. The quantitative estimate of drug-likeness (QED) is 0.718. The van der Waals surface area contributed by atoms with E-state index >= 15 is 0 Å². The zero-order chi connectivity index (χ0) is 16.9. The van der Waals surface area contributed by atoms with E-state index in [-0.39, 0.29) is 35.8 Å². The number of nitrogens with one attached hydrogen (secondary N) is 1. The molecule has 1 fully saturated rings. The van der Waals surface area contributed by atoms with Crippen LogP contribution >= 0.6 is 11.3 Å². The Balaban J connectivity index is 2.09. The Morgan fingerprint density at radius 1 is 1.39 bits per heavy atom. The van der Waals surface area contributed by atoms with Crippen molar-refractivity contribution >= 4 is 33.2 Å². The van der Waals surface area contributed by atoms with Gasteiger partial charge in [0, 0.05) is 19.6 Å². The predicted molar refractivity (Wildman–Crippen MR) is 82.9 cm³/mol. The van der Waals surface area contributed by atoms with Gasteiger partial charge in [-0.05, 0) is 11.4 Å². The number of methoxy groups -OCH3 is 1. The lowest BCUT2D eigenvalue weighted by Gasteiger charge is -2.26. The minimum Gasteiger partial charge on any atom is -0.469 e. The van der Waals surface area contributed by atoms with Gasteiger partial charge in [-0.3, -0.25) is 9.59 Å². The molecular formula is C13H18N2O6S2. The Labute approximate surface area is 138 Å². The number of nitrogens with zero attached hydrogens (tertiary/aromatic N) is 1. The number of rotatable bonds is 6. The topological polar surface area (TPSA) is 102 Å². The zero-order valence-corrected chi connectivity index (χ0v) is 14.2. The number of thiophene rings is 1. The number of morpholine rings is 1. The van der Waals surface area contributed by atoms with E-state index in [0.717, 1.165) is 11.3 Å². The van der Waals surface area contributed by atoms with Crippen molar-refractivity contribution in [3.63, 3.8) is 0 Å². The van der Waals surface area contributed by atoms with Crippen LogP contribution in [0.25, 0.3) is 0 Å². The lowest BCUT2D eigenvalue weighted by molar-refractivity contribution is -0.140. The average molecular weight is 362 g/mol. The molecule has 8 nitrogen and oxygen atoms in total. The number of sulfonamides is 1. The van der Waals surface area contributed by atoms with Gasteiger partial charge in [-0.25, -0.2) is 8.42 Å². The van der Waals surface area contributed by atoms with Crippen LogP contribution in [0, 0.1) is 0 Å². The molecule has 2 rings (SSSR count). The van der Waals surface area contributed by atoms with Gasteiger partial charge in [0.2, 0.25) is 10.0 Å². The summed E-state index contributed by atoms with van der Waals surface area (Å²) < 4.78 is 36.2. The fourth-order valence-corrected chi connectivity index (χ4v) is 4.78. The molecule has 0 radical (unpaired) electrons. The van der Waals surface area contributed by atoms with Gasteiger partial charge < -0.3 is 14.8 Å². The number of hydrogen-bond donors (Lipinski definition) is 1. The van der Waals surface area contributed by atoms with Gasteiger partial charge in [0.1, 0.15) is 9.77 Å². The van der Waals surface area contributed by atoms with Crippen LogP contribution < -0.4 is 5.32 Å². The Hall–Kier alpha value is -1.49. The van der Waals surface area contributed by atoms with Crippen LogP contribution in [0.5, 0.6) is 0 Å². The molecule has 23 heavy (non-hydrogen) atoms. The Kier molecular flexibility index (Phi) is 6.10. The number of amides is 1. The van der Waals surface area contributed by atoms with E-state index in [1.807, 2.05) is 0 Å². The van der Waals surface area contributed by atoms with Crippen molar-refractivity contribution in [3.8, 4) is 0 Å². The van der Waals surface area contributed by atoms with Gasteiger partial charge in [-0.15, -0.1) is 11.3 Å². The molecule has 0 aliphatic carbocycles. The van der Waals surface area contributed by atoms with Gasteiger partial charge in [-0.2, -0.15) is 4.31 Å². The summed E-state index contributed by atoms with van der Waals surface area (Å²) in [4.78, 5) is 23.3. The Bertz CT molecular complexity index is 664. The van der Waals surface area contributed by atoms with E-state index < -0.39 is 21.9 Å². The van der Waals surface area contributed by atoms with Crippen LogP contribution in [-0.4, -0.2) is 64.6 Å². The van der Waals surface area contributed by atoms with Gasteiger partial charge in [0.05, 0.1) is 26.7 Å². The van der Waals surface area contributed by atoms with E-state index in [1.165, 1.54) is 17.5 Å². The van der Waals surface area contributed by atoms with Gasteiger partial charge in [0.25, 0.3) is 5.91 Å². The van der Waals surface area contributed by atoms with E-state index in [4.69, 9.17) is 4.74 Å². The van der Waals surface area contributed by atoms with Gasteiger partial charge in [-0.1, -0.05) is 0 Å². The lowest BCUT2D eigenvalue weighted by Crippen LogP contribution is -2.41. The number of esters is 1. The minimum absolute atomic E-state index is 0.0139. The highest BCUT2D eigenvalue weighted by Crippen LogP contribution is 2.25. The smallest absolute Gasteiger partial charge is 0.307 e. The first-order chi connectivity index (χ1) is 11.0. The second-order valence-electron chi connectivity index (χ2n) is 4.71. The third-order valence-electron chi connectivity index (χ3n) is 3.27. The van der Waals surface area contributed by atoms with Gasteiger partial charge >= 0.3 is 5.97 Å². The SMILES string of the molecule is COC(=O)CCNC(=O)c1sccc1S(=O)(=O)N1CCOCC1. The first kappa shape index (κ1) is 17.9. The number of carbonyl (C=O) groups is 2. The van der Waals surface area contributed by atoms with Crippen LogP contribution in [0.3, 0.4) is 0 Å². The summed E-state index contributed by atoms with van der Waals surface area (Å²) in [5.41, 5.74) is 0. The Morgan fingerprint density at radius 3 is 2.74 bits per heavy atom. The molecule has 0 unspecified atom stereocenters. The first-order valence-electron chi connectivity index (χ1n) is 6.97. The second-order valence-corrected chi connectivity index (χ2v) is 7.53. The largest absolute Gasteiger partial charge is 0.469 e. The molecule has 0 saturated carbocycles. The molecule has 128 valence electrons. The van der Waals surface area contributed by atoms with Crippen molar-refractivity contribution < 1.29 is 27.5 Å². The predicted octanol–water partition coefficient (Wildman–Crippen LogP) is 0.0619. The first-order valence-corrected chi connectivity index (χ1v) is 9.29. The second kappa shape index (κ2) is 7.86. The summed E-state index contributed by atoms with van der Waals surface area (Å²) in [6.45, 7) is 1.29. The lowest BCUT2D eigenvalue weighted by atomic mass is 10.4. The standard InChI is InChI=1S/C13H18N2O6S2/c1-20-11(16)2-4-14-13(17)12-10(3-9-22-12)23(18,19)15-5-7-21-8-6-15/h3,9H,2,4-8H2,1H3,(H,14,17). The van der Waals surface area contributed by atoms with Crippen molar-refractivity contribution in [2.45, 2.75) is 11.3 Å². The monoisotopic (exact) mass is 362 g/mol. The maximum Gasteiger partial charge on any atom is 0.307 e. The molecule has 1 aromatic heterocycles. The number of carbonyl (C=O) groups excluding carboxylic acids is 2. The highest BCUT2D eigenvalue weighted by molar-refractivity contribution is 7.89. The van der Waals surface area contributed by atoms with E-state index in [2.05, 4.69) is 10.1 Å². The molecule has 2 heterocycles. The molecule has 1 N–H and O–H groups in total. The molecule has 1 aliphatic heterocycles. The van der Waals surface area contributed by atoms with Crippen molar-refractivity contribution in [1.29, 1.82) is 0 Å². The van der Waals surface area contributed by atoms with Crippen LogP contribution in [0.1, 0.15) is 16.1 Å². The van der Waals surface area contributed by atoms with Crippen molar-refractivity contribution in [1.82, 2.24) is 9.62 Å². The number of hydrogen-bond acceptors (Lipinski definition) is 7. The molecule has 0 spiro atoms. The summed E-state index contributed by atoms with van der Waals surface area (Å²) in [6.07, 6.45) is 0.0269. The summed E-state index contributed by atoms with van der Waals surface area (Å²) in [7, 11) is -2.47. The minimum atomic E-state index is -3.73. The van der Waals surface area contributed by atoms with Gasteiger partial charge in [0.15, 0.2) is 0 Å². The molecular weight excluding hydrogens is 344 g/mol. The van der Waals surface area contributed by atoms with Crippen LogP contribution in [0.15, 0.2) is 16.3 Å². The summed E-state index contributed by atoms with van der Waals surface area (Å²) >= 11 is 1.05. The van der Waals surface area contributed by atoms with E-state index in [0.29, 0.717) is 13.2 Å². The summed E-state index contributed by atoms with van der Waals surface area (Å²) in [5.74, 6) is -0.964. The van der Waals surface area contributed by atoms with Crippen molar-refractivity contribution in [2.75, 3.05) is 40.0 Å². The number of ether oxygens (including phenoxy) is 2. The molecule has 0 bridgehead atoms. The molecule has 10 heteroatoms. The normalized spacial score (nSPS) is 16.0. The third-order valence-corrected chi connectivity index (χ3v) is 6.25. The molecule has 1 amide bonds. The summed E-state index contributed by atoms with van der Waals surface area (Å²) in [6, 6.07) is 1.42. The third kappa shape index (κ3) is 4.28. The van der Waals surface area contributed by atoms with E-state index in [1.54, 1.807) is 5.38 Å². The van der Waals surface area contributed by atoms with Crippen molar-refractivity contribution in [3.05, 3.63) is 16.3 Å². The molecule has 1 saturated heterocycles. The van der Waals surface area contributed by atoms with E-state index in [9.17, 15) is 18.0 Å². The molecule has 0 atom stereocenters. The van der Waals surface area contributed by atoms with Crippen LogP contribution in [0.2, 0.25) is 0 Å².